The fourth-order valence-corrected chi connectivity index (χ4v) is 16.8. The molecule has 46 nitrogen and oxygen atoms in total. The molecule has 0 aromatic heterocycles. The lowest BCUT2D eigenvalue weighted by Crippen LogP contribution is -2.61. The third kappa shape index (κ3) is 39.7. The van der Waals surface area contributed by atoms with Gasteiger partial charge in [0.2, 0.25) is 130 Å². The molecular formula is C90H138N22O24S2. The molecule has 4 heterocycles. The van der Waals surface area contributed by atoms with E-state index in [4.69, 9.17) is 54.8 Å². The van der Waals surface area contributed by atoms with Crippen molar-refractivity contribution in [1.82, 2.24) is 84.2 Å². The summed E-state index contributed by atoms with van der Waals surface area (Å²) in [6, 6.07) is -9.20. The number of ether oxygens (including phenoxy) is 2. The normalized spacial score (nSPS) is 24.9. The maximum atomic E-state index is 14.6. The molecule has 22 amide bonds. The van der Waals surface area contributed by atoms with Crippen LogP contribution in [0.5, 0.6) is 11.5 Å². The average Bonchev–Trinajstić information content (AvgIpc) is 0.799. The van der Waals surface area contributed by atoms with E-state index in [1.165, 1.54) is 33.0 Å². The molecule has 0 spiro atoms. The Balaban J connectivity index is 0.000000515. The van der Waals surface area contributed by atoms with Crippen LogP contribution in [-0.2, 0) is 118 Å². The summed E-state index contributed by atoms with van der Waals surface area (Å²) in [4.78, 5) is 297. The molecule has 48 heteroatoms. The Morgan fingerprint density at radius 3 is 1.18 bits per heavy atom. The summed E-state index contributed by atoms with van der Waals surface area (Å²) in [5.41, 5.74) is 33.4. The van der Waals surface area contributed by atoms with Crippen LogP contribution in [-0.4, -0.2) is 288 Å². The molecule has 26 N–H and O–H groups in total. The number of carbonyl (C=O) groups is 22. The SMILES string of the molecule is [2H]C(C)(C)CC(NC(=O)[C@@H]1CCCN1C(=O)[C@@H]1CSCCCC(=O)N[C@@H](Cc2ccc(OC)cc2)C(=O)N[C@@H]([C@@H](C)CC)C(=O)N[C@@H](CCC(N)=O)C(=O)N[C@@H](CC(N)=O)C(=O)N1)C(=O)NCC(N)=O.[2H]C([2H])([2H])C([2H])(C)C([2H])([2H])[C@@]([2H])(NC(=O)[C@@H]1CCCN1C(=O)[C@@H]1CSCCCC(=O)N[C@@H](Cc2ccc(OC)cc2)C(=O)N[C@@H]([C@@H](C)CC)C(=O)N[C@@H](CCC(N)=O)C(=O)N[C@@H](CC(N)=O)C(=O)N1)C(=O)NCC(N)=O. The quantitative estimate of drug-likeness (QED) is 0.0304. The van der Waals surface area contributed by atoms with Crippen LogP contribution in [0, 0.1) is 23.6 Å². The number of amides is 22. The lowest BCUT2D eigenvalue weighted by Gasteiger charge is -2.31. The molecular weight excluding hydrogens is 1840 g/mol. The number of carbonyl (C=O) groups excluding carboxylic acids is 22. The number of likely N-dealkylation sites (tertiary alicyclic amines) is 2. The predicted octanol–water partition coefficient (Wildman–Crippen LogP) is -5.00. The van der Waals surface area contributed by atoms with Gasteiger partial charge in [-0.05, 0) is 135 Å². The summed E-state index contributed by atoms with van der Waals surface area (Å²) in [6.07, 6.45) is -6.21. The minimum atomic E-state index is -3.77. The minimum Gasteiger partial charge on any atom is -0.497 e. The van der Waals surface area contributed by atoms with E-state index in [2.05, 4.69) is 63.8 Å². The zero-order valence-electron chi connectivity index (χ0n) is 86.8. The predicted molar refractivity (Wildman–Crippen MR) is 506 cm³/mol. The zero-order chi connectivity index (χ0) is 110. The molecule has 0 aliphatic carbocycles. The summed E-state index contributed by atoms with van der Waals surface area (Å²) in [7, 11) is 2.97. The van der Waals surface area contributed by atoms with Crippen LogP contribution in [0.25, 0.3) is 0 Å². The molecule has 4 saturated heterocycles. The summed E-state index contributed by atoms with van der Waals surface area (Å²) in [5, 5.41) is 34.4. The number of nitrogens with two attached hydrogens (primary N) is 6. The van der Waals surface area contributed by atoms with Crippen molar-refractivity contribution in [1.29, 1.82) is 0 Å². The van der Waals surface area contributed by atoms with Crippen molar-refractivity contribution in [3.05, 3.63) is 59.7 Å². The first-order valence-electron chi connectivity index (χ1n) is 49.2. The van der Waals surface area contributed by atoms with Crippen LogP contribution >= 0.6 is 23.5 Å². The van der Waals surface area contributed by atoms with E-state index >= 15 is 0 Å². The topological polar surface area (TPSA) is 725 Å². The molecule has 0 saturated carbocycles. The van der Waals surface area contributed by atoms with Crippen molar-refractivity contribution >= 4 is 153 Å². The lowest BCUT2D eigenvalue weighted by molar-refractivity contribution is -0.142. The molecule has 138 heavy (non-hydrogen) atoms. The second-order valence-corrected chi connectivity index (χ2v) is 36.3. The molecule has 0 bridgehead atoms. The van der Waals surface area contributed by atoms with Gasteiger partial charge in [0.25, 0.3) is 0 Å². The third-order valence-corrected chi connectivity index (χ3v) is 24.8. The van der Waals surface area contributed by atoms with Gasteiger partial charge in [-0.1, -0.05) is 92.4 Å². The fourth-order valence-electron chi connectivity index (χ4n) is 14.8. The number of hydrogen-bond donors (Lipinski definition) is 20. The van der Waals surface area contributed by atoms with Crippen LogP contribution in [0.15, 0.2) is 48.5 Å². The Morgan fingerprint density at radius 1 is 0.457 bits per heavy atom. The van der Waals surface area contributed by atoms with Crippen molar-refractivity contribution in [2.45, 2.75) is 268 Å². The molecule has 17 atom stereocenters. The largest absolute Gasteiger partial charge is 0.497 e. The van der Waals surface area contributed by atoms with Crippen molar-refractivity contribution in [2.75, 3.05) is 63.4 Å². The number of thioether (sulfide) groups is 2. The van der Waals surface area contributed by atoms with Crippen molar-refractivity contribution in [3.63, 3.8) is 0 Å². The first-order chi connectivity index (χ1) is 68.2. The van der Waals surface area contributed by atoms with E-state index in [1.807, 2.05) is 10.6 Å². The van der Waals surface area contributed by atoms with Crippen LogP contribution in [0.4, 0.5) is 0 Å². The van der Waals surface area contributed by atoms with Crippen molar-refractivity contribution in [3.8, 4) is 11.5 Å². The summed E-state index contributed by atoms with van der Waals surface area (Å²) >= 11 is 2.20. The van der Waals surface area contributed by atoms with Crippen LogP contribution in [0.3, 0.4) is 0 Å². The van der Waals surface area contributed by atoms with Crippen LogP contribution < -0.4 is 118 Å². The maximum absolute atomic E-state index is 14.6. The van der Waals surface area contributed by atoms with E-state index in [-0.39, 0.29) is 107 Å². The molecule has 2 aromatic carbocycles. The average molecular weight is 1980 g/mol. The number of nitrogens with zero attached hydrogens (tertiary/aromatic N) is 2. The van der Waals surface area contributed by atoms with Crippen LogP contribution in [0.2, 0.25) is 0 Å². The Labute approximate surface area is 820 Å². The molecule has 2 unspecified atom stereocenters. The van der Waals surface area contributed by atoms with Gasteiger partial charge >= 0.3 is 0 Å². The highest BCUT2D eigenvalue weighted by Gasteiger charge is 2.45. The van der Waals surface area contributed by atoms with Crippen molar-refractivity contribution < 1.29 is 126 Å². The molecule has 2 aromatic rings. The van der Waals surface area contributed by atoms with E-state index in [1.54, 1.807) is 76.2 Å². The Bertz CT molecular complexity index is 5020. The number of primary amides is 6. The lowest BCUT2D eigenvalue weighted by atomic mass is 9.96. The van der Waals surface area contributed by atoms with Crippen LogP contribution in [0.1, 0.15) is 193 Å². The monoisotopic (exact) mass is 1980 g/mol. The highest BCUT2D eigenvalue weighted by atomic mass is 32.2. The zero-order valence-corrected chi connectivity index (χ0v) is 80.5. The van der Waals surface area contributed by atoms with Gasteiger partial charge in [0, 0.05) is 72.7 Å². The van der Waals surface area contributed by atoms with Gasteiger partial charge in [-0.25, -0.2) is 0 Å². The summed E-state index contributed by atoms with van der Waals surface area (Å²) < 4.78 is 77.1. The van der Waals surface area contributed by atoms with Crippen molar-refractivity contribution in [2.24, 2.45) is 58.0 Å². The highest BCUT2D eigenvalue weighted by molar-refractivity contribution is 7.99. The van der Waals surface area contributed by atoms with E-state index in [9.17, 15) is 105 Å². The molecule has 4 aliphatic heterocycles. The molecule has 4 fully saturated rings. The number of hydrogen-bond acceptors (Lipinski definition) is 26. The van der Waals surface area contributed by atoms with Gasteiger partial charge in [-0.2, -0.15) is 23.5 Å². The minimum absolute atomic E-state index is 0.0143. The number of benzene rings is 2. The summed E-state index contributed by atoms with van der Waals surface area (Å²) in [6.45, 7) is 5.22. The van der Waals surface area contributed by atoms with E-state index in [0.29, 0.717) is 48.8 Å². The van der Waals surface area contributed by atoms with Gasteiger partial charge in [0.1, 0.15) is 96.1 Å². The number of nitrogens with one attached hydrogen (secondary N) is 14. The number of methoxy groups -OCH3 is 2. The molecule has 764 valence electrons. The number of rotatable bonds is 36. The standard InChI is InChI=1S/2C45H69N11O12S/c2*1-6-25(4)38-44(66)51-28(15-16-34(46)57)40(62)52-31(21-35(47)58)41(63)54-32(23-69-18-8-10-37(60)50-30(42(64)55-38)20-26-11-13-27(68-5)14-12-26)45(67)56-17-7-9-33(56)43(65)53-29(19-24(2)3)39(61)49-22-36(48)59/h2*11-14,24-25,28-33,38H,6-10,15-23H2,1-5H3,(H2,46,57)(H2,47,58)(H2,48,59)(H,49,61)(H,50,60)(H,51,66)(H,52,62)(H,53,65)(H,54,63)(H,55,64)/t25-,28-,29?,30-,31-,32-,33-,38-;25-,28-,29+,30-,31-,32-,33-,38-/m00/s1/i24D;2D3,19D2,24D,29D/tm;24?,25-,28-,29+,30-,31-,32-,33-,38-. The van der Waals surface area contributed by atoms with Gasteiger partial charge < -0.3 is 128 Å². The fraction of sp³-hybridized carbons (Fsp3) is 0.622. The van der Waals surface area contributed by atoms with E-state index in [0.717, 1.165) is 28.4 Å². The van der Waals surface area contributed by atoms with Gasteiger partial charge in [-0.15, -0.1) is 0 Å². The first-order valence-corrected chi connectivity index (χ1v) is 47.5. The molecule has 6 rings (SSSR count). The third-order valence-electron chi connectivity index (χ3n) is 22.5. The Kier molecular flexibility index (Phi) is 43.5. The second-order valence-electron chi connectivity index (χ2n) is 34.0. The second kappa shape index (κ2) is 58.6. The molecule has 4 aliphatic rings. The van der Waals surface area contributed by atoms with Gasteiger partial charge in [-0.3, -0.25) is 105 Å². The summed E-state index contributed by atoms with van der Waals surface area (Å²) in [5.74, 6) is -25.6. The Hall–Kier alpha value is -12.9. The first kappa shape index (κ1) is 102. The van der Waals surface area contributed by atoms with E-state index < -0.39 is 297 Å². The van der Waals surface area contributed by atoms with Gasteiger partial charge in [0.05, 0.1) is 41.5 Å². The van der Waals surface area contributed by atoms with Gasteiger partial charge in [0.15, 0.2) is 0 Å². The Morgan fingerprint density at radius 2 is 0.826 bits per heavy atom. The molecule has 0 radical (unpaired) electrons. The highest BCUT2D eigenvalue weighted by Crippen LogP contribution is 2.26. The maximum Gasteiger partial charge on any atom is 0.246 e. The smallest absolute Gasteiger partial charge is 0.246 e.